The summed E-state index contributed by atoms with van der Waals surface area (Å²) in [7, 11) is 0. The molecule has 10 heteroatoms. The van der Waals surface area contributed by atoms with E-state index < -0.39 is 17.7 Å². The van der Waals surface area contributed by atoms with E-state index in [-0.39, 0.29) is 24.1 Å². The number of carbonyl (C=O) groups is 1. The molecule has 0 bridgehead atoms. The number of amides is 1. The van der Waals surface area contributed by atoms with Crippen molar-refractivity contribution in [3.63, 3.8) is 0 Å². The predicted octanol–water partition coefficient (Wildman–Crippen LogP) is 3.10. The molecule has 0 radical (unpaired) electrons. The van der Waals surface area contributed by atoms with Crippen molar-refractivity contribution in [2.45, 2.75) is 18.9 Å². The van der Waals surface area contributed by atoms with E-state index in [9.17, 15) is 13.6 Å². The lowest BCUT2D eigenvalue weighted by molar-refractivity contribution is 0.132. The number of aromatic nitrogens is 3. The fourth-order valence-electron chi connectivity index (χ4n) is 3.43. The Morgan fingerprint density at radius 1 is 1.34 bits per heavy atom. The van der Waals surface area contributed by atoms with Crippen molar-refractivity contribution in [3.05, 3.63) is 47.8 Å². The lowest BCUT2D eigenvalue weighted by atomic mass is 10.1. The molecule has 8 nitrogen and oxygen atoms in total. The fourth-order valence-corrected chi connectivity index (χ4v) is 3.43. The van der Waals surface area contributed by atoms with Gasteiger partial charge in [0.05, 0.1) is 23.5 Å². The van der Waals surface area contributed by atoms with E-state index in [2.05, 4.69) is 15.3 Å². The molecule has 1 aliphatic rings. The Labute approximate surface area is 164 Å². The van der Waals surface area contributed by atoms with Gasteiger partial charge in [-0.05, 0) is 25.0 Å². The molecule has 29 heavy (non-hydrogen) atoms. The Hall–Kier alpha value is -3.74. The van der Waals surface area contributed by atoms with E-state index in [1.165, 1.54) is 11.1 Å². The van der Waals surface area contributed by atoms with Crippen molar-refractivity contribution in [1.29, 1.82) is 5.26 Å². The molecule has 148 valence electrons. The Bertz CT molecular complexity index is 1140. The molecular formula is C19H16F2N6O2. The van der Waals surface area contributed by atoms with Crippen LogP contribution in [0.25, 0.3) is 17.0 Å². The summed E-state index contributed by atoms with van der Waals surface area (Å²) < 4.78 is 30.4. The van der Waals surface area contributed by atoms with Crippen LogP contribution in [0.3, 0.4) is 0 Å². The highest BCUT2D eigenvalue weighted by Crippen LogP contribution is 2.27. The minimum absolute atomic E-state index is 0.1000. The number of fused-ring (bicyclic) bond motifs is 1. The summed E-state index contributed by atoms with van der Waals surface area (Å²) >= 11 is 0. The lowest BCUT2D eigenvalue weighted by Gasteiger charge is -2.31. The summed E-state index contributed by atoms with van der Waals surface area (Å²) in [6, 6.07) is 5.52. The molecule has 3 aromatic rings. The predicted molar refractivity (Wildman–Crippen MR) is 99.3 cm³/mol. The average Bonchev–Trinajstić information content (AvgIpc) is 3.13. The maximum atomic E-state index is 14.5. The van der Waals surface area contributed by atoms with Gasteiger partial charge in [0.1, 0.15) is 11.3 Å². The Morgan fingerprint density at radius 2 is 2.17 bits per heavy atom. The van der Waals surface area contributed by atoms with Gasteiger partial charge in [-0.15, -0.1) is 0 Å². The van der Waals surface area contributed by atoms with Gasteiger partial charge in [0, 0.05) is 31.4 Å². The molecule has 0 unspecified atom stereocenters. The molecule has 2 N–H and O–H groups in total. The van der Waals surface area contributed by atoms with Crippen LogP contribution in [0.4, 0.5) is 19.4 Å². The topological polar surface area (TPSA) is 107 Å². The molecule has 0 aliphatic carbocycles. The first-order valence-corrected chi connectivity index (χ1v) is 8.94. The largest absolute Gasteiger partial charge is 0.465 e. The highest BCUT2D eigenvalue weighted by Gasteiger charge is 2.25. The number of nitrogens with zero attached hydrogens (tertiary/aromatic N) is 5. The summed E-state index contributed by atoms with van der Waals surface area (Å²) in [5.41, 5.74) is 1.05. The number of imidazole rings is 1. The van der Waals surface area contributed by atoms with Crippen molar-refractivity contribution < 1.29 is 18.7 Å². The van der Waals surface area contributed by atoms with Gasteiger partial charge >= 0.3 is 6.09 Å². The Morgan fingerprint density at radius 3 is 2.93 bits per heavy atom. The second-order valence-electron chi connectivity index (χ2n) is 6.76. The quantitative estimate of drug-likeness (QED) is 0.702. The third-order valence-electron chi connectivity index (χ3n) is 4.85. The molecule has 0 saturated carbocycles. The molecule has 1 saturated heterocycles. The minimum Gasteiger partial charge on any atom is -0.465 e. The van der Waals surface area contributed by atoms with Crippen molar-refractivity contribution in [3.8, 4) is 17.5 Å². The normalized spacial score (nSPS) is 16.6. The van der Waals surface area contributed by atoms with Crippen LogP contribution in [-0.4, -0.2) is 49.6 Å². The number of halogens is 2. The molecule has 4 rings (SSSR count). The average molecular weight is 398 g/mol. The second kappa shape index (κ2) is 7.35. The van der Waals surface area contributed by atoms with Crippen LogP contribution < -0.4 is 5.32 Å². The summed E-state index contributed by atoms with van der Waals surface area (Å²) in [5.74, 6) is -1.86. The van der Waals surface area contributed by atoms with Gasteiger partial charge in [0.2, 0.25) is 0 Å². The van der Waals surface area contributed by atoms with Crippen LogP contribution in [0.2, 0.25) is 0 Å². The van der Waals surface area contributed by atoms with Gasteiger partial charge in [0.25, 0.3) is 0 Å². The number of likely N-dealkylation sites (tertiary alicyclic amines) is 1. The summed E-state index contributed by atoms with van der Waals surface area (Å²) in [6.07, 6.45) is 3.21. The molecule has 3 aromatic heterocycles. The van der Waals surface area contributed by atoms with Crippen molar-refractivity contribution in [1.82, 2.24) is 19.3 Å². The number of pyridine rings is 2. The molecule has 1 atom stereocenters. The molecule has 1 fully saturated rings. The van der Waals surface area contributed by atoms with E-state index >= 15 is 0 Å². The van der Waals surface area contributed by atoms with Crippen LogP contribution in [0.15, 0.2) is 30.6 Å². The number of hydrogen-bond acceptors (Lipinski definition) is 5. The first-order chi connectivity index (χ1) is 14.0. The smallest absolute Gasteiger partial charge is 0.407 e. The Kier molecular flexibility index (Phi) is 4.72. The van der Waals surface area contributed by atoms with Crippen LogP contribution >= 0.6 is 0 Å². The number of piperidine rings is 1. The zero-order chi connectivity index (χ0) is 20.5. The van der Waals surface area contributed by atoms with Crippen LogP contribution in [0.5, 0.6) is 0 Å². The number of rotatable bonds is 3. The summed E-state index contributed by atoms with van der Waals surface area (Å²) in [5, 5.41) is 21.0. The molecule has 0 aromatic carbocycles. The number of anilines is 1. The van der Waals surface area contributed by atoms with Gasteiger partial charge in [0.15, 0.2) is 17.5 Å². The third kappa shape index (κ3) is 3.54. The zero-order valence-electron chi connectivity index (χ0n) is 15.1. The van der Waals surface area contributed by atoms with Crippen molar-refractivity contribution in [2.24, 2.45) is 0 Å². The molecule has 1 amide bonds. The molecule has 0 spiro atoms. The van der Waals surface area contributed by atoms with Gasteiger partial charge in [-0.3, -0.25) is 4.40 Å². The van der Waals surface area contributed by atoms with Crippen molar-refractivity contribution >= 4 is 17.6 Å². The summed E-state index contributed by atoms with van der Waals surface area (Å²) in [6.45, 7) is 0.611. The van der Waals surface area contributed by atoms with Crippen LogP contribution in [0.1, 0.15) is 18.4 Å². The summed E-state index contributed by atoms with van der Waals surface area (Å²) in [4.78, 5) is 20.7. The number of carboxylic acid groups (broad SMARTS) is 1. The van der Waals surface area contributed by atoms with E-state index in [0.717, 1.165) is 6.07 Å². The second-order valence-corrected chi connectivity index (χ2v) is 6.76. The van der Waals surface area contributed by atoms with E-state index in [0.29, 0.717) is 36.3 Å². The number of hydrogen-bond donors (Lipinski definition) is 2. The standard InChI is InChI=1S/C19H16F2N6O2/c20-13-7-14(21)18(24-12-2-1-4-26(10-12)19(28)29)25-17(13)15-9-23-16-6-11(8-22)3-5-27(15)16/h3,5-7,9,12H,1-2,4,10H2,(H,24,25)(H,28,29)/t12-/m1/s1. The number of nitriles is 1. The zero-order valence-corrected chi connectivity index (χ0v) is 15.1. The monoisotopic (exact) mass is 398 g/mol. The van der Waals surface area contributed by atoms with E-state index in [1.807, 2.05) is 6.07 Å². The third-order valence-corrected chi connectivity index (χ3v) is 4.85. The maximum Gasteiger partial charge on any atom is 0.407 e. The highest BCUT2D eigenvalue weighted by atomic mass is 19.1. The van der Waals surface area contributed by atoms with E-state index in [4.69, 9.17) is 10.4 Å². The molecule has 4 heterocycles. The van der Waals surface area contributed by atoms with Gasteiger partial charge in [-0.2, -0.15) is 5.26 Å². The van der Waals surface area contributed by atoms with Gasteiger partial charge in [-0.1, -0.05) is 0 Å². The first kappa shape index (κ1) is 18.6. The SMILES string of the molecule is N#Cc1ccn2c(-c3nc(N[C@@H]4CCCN(C(=O)O)C4)c(F)cc3F)cnc2c1. The molecule has 1 aliphatic heterocycles. The minimum atomic E-state index is -1.04. The molecular weight excluding hydrogens is 382 g/mol. The van der Waals surface area contributed by atoms with Gasteiger partial charge in [-0.25, -0.2) is 23.5 Å². The van der Waals surface area contributed by atoms with Crippen LogP contribution in [0, 0.1) is 23.0 Å². The van der Waals surface area contributed by atoms with Gasteiger partial charge < -0.3 is 15.3 Å². The highest BCUT2D eigenvalue weighted by molar-refractivity contribution is 5.66. The lowest BCUT2D eigenvalue weighted by Crippen LogP contribution is -2.44. The van der Waals surface area contributed by atoms with Crippen LogP contribution in [-0.2, 0) is 0 Å². The Balaban J connectivity index is 1.68. The number of nitrogens with one attached hydrogen (secondary N) is 1. The fraction of sp³-hybridized carbons (Fsp3) is 0.263. The van der Waals surface area contributed by atoms with E-state index in [1.54, 1.807) is 22.7 Å². The van der Waals surface area contributed by atoms with Crippen molar-refractivity contribution in [2.75, 3.05) is 18.4 Å². The maximum absolute atomic E-state index is 14.5. The first-order valence-electron chi connectivity index (χ1n) is 8.94.